The van der Waals surface area contributed by atoms with Gasteiger partial charge in [0.15, 0.2) is 0 Å². The van der Waals surface area contributed by atoms with Gasteiger partial charge in [0, 0.05) is 19.0 Å². The van der Waals surface area contributed by atoms with Gasteiger partial charge in [0.2, 0.25) is 0 Å². The van der Waals surface area contributed by atoms with E-state index in [0.717, 1.165) is 12.8 Å². The van der Waals surface area contributed by atoms with Crippen LogP contribution in [0.4, 0.5) is 0 Å². The maximum Gasteiger partial charge on any atom is 0.298 e. The minimum atomic E-state index is -0.258. The predicted molar refractivity (Wildman–Crippen MR) is 43.8 cm³/mol. The van der Waals surface area contributed by atoms with Crippen molar-refractivity contribution in [2.75, 3.05) is 13.1 Å². The van der Waals surface area contributed by atoms with Crippen LogP contribution in [0, 0.1) is 29.6 Å². The molecule has 62 valence electrons. The molecule has 0 bridgehead atoms. The Bertz CT molecular complexity index is 251. The standard InChI is InChI=1S/C9H10N2O/c1-2-9(12)11-5-3-8(7-10)4-6-11/h1,8H,3-6H2. The second-order valence-electron chi connectivity index (χ2n) is 2.84. The van der Waals surface area contributed by atoms with E-state index in [4.69, 9.17) is 11.7 Å². The number of rotatable bonds is 0. The number of carbonyl (C=O) groups excluding carboxylic acids is 1. The van der Waals surface area contributed by atoms with E-state index >= 15 is 0 Å². The second kappa shape index (κ2) is 3.78. The van der Waals surface area contributed by atoms with Crippen molar-refractivity contribution in [1.82, 2.24) is 4.90 Å². The molecule has 3 nitrogen and oxygen atoms in total. The van der Waals surface area contributed by atoms with E-state index in [0.29, 0.717) is 13.1 Å². The van der Waals surface area contributed by atoms with Crippen molar-refractivity contribution in [2.24, 2.45) is 5.92 Å². The summed E-state index contributed by atoms with van der Waals surface area (Å²) in [6, 6.07) is 2.19. The molecule has 1 saturated heterocycles. The summed E-state index contributed by atoms with van der Waals surface area (Å²) in [5, 5.41) is 8.58. The summed E-state index contributed by atoms with van der Waals surface area (Å²) in [5.41, 5.74) is 0. The average molecular weight is 162 g/mol. The Kier molecular flexibility index (Phi) is 2.71. The third-order valence-electron chi connectivity index (χ3n) is 2.09. The van der Waals surface area contributed by atoms with E-state index in [-0.39, 0.29) is 11.8 Å². The summed E-state index contributed by atoms with van der Waals surface area (Å²) >= 11 is 0. The van der Waals surface area contributed by atoms with Crippen LogP contribution in [0.1, 0.15) is 12.8 Å². The van der Waals surface area contributed by atoms with E-state index < -0.39 is 0 Å². The molecule has 0 spiro atoms. The molecular formula is C9H10N2O. The topological polar surface area (TPSA) is 44.1 Å². The van der Waals surface area contributed by atoms with Crippen molar-refractivity contribution in [1.29, 1.82) is 5.26 Å². The largest absolute Gasteiger partial charge is 0.332 e. The van der Waals surface area contributed by atoms with Gasteiger partial charge in [-0.05, 0) is 18.8 Å². The van der Waals surface area contributed by atoms with Gasteiger partial charge in [-0.25, -0.2) is 0 Å². The first-order valence-electron chi connectivity index (χ1n) is 3.93. The lowest BCUT2D eigenvalue weighted by Crippen LogP contribution is -2.37. The number of hydrogen-bond donors (Lipinski definition) is 0. The van der Waals surface area contributed by atoms with Crippen molar-refractivity contribution < 1.29 is 4.79 Å². The highest BCUT2D eigenvalue weighted by Crippen LogP contribution is 2.15. The van der Waals surface area contributed by atoms with Crippen molar-refractivity contribution >= 4 is 5.91 Å². The van der Waals surface area contributed by atoms with Gasteiger partial charge in [0.25, 0.3) is 5.91 Å². The summed E-state index contributed by atoms with van der Waals surface area (Å²) in [4.78, 5) is 12.6. The Morgan fingerprint density at radius 2 is 2.08 bits per heavy atom. The predicted octanol–water partition coefficient (Wildman–Crippen LogP) is 0.382. The van der Waals surface area contributed by atoms with E-state index in [2.05, 4.69) is 12.0 Å². The van der Waals surface area contributed by atoms with E-state index in [1.807, 2.05) is 0 Å². The van der Waals surface area contributed by atoms with Gasteiger partial charge in [-0.3, -0.25) is 4.79 Å². The van der Waals surface area contributed by atoms with Gasteiger partial charge >= 0.3 is 0 Å². The fraction of sp³-hybridized carbons (Fsp3) is 0.556. The van der Waals surface area contributed by atoms with Crippen LogP contribution < -0.4 is 0 Å². The minimum absolute atomic E-state index is 0.104. The van der Waals surface area contributed by atoms with Crippen LogP contribution >= 0.6 is 0 Å². The van der Waals surface area contributed by atoms with Crippen LogP contribution in [0.25, 0.3) is 0 Å². The molecule has 0 radical (unpaired) electrons. The number of amides is 1. The zero-order valence-corrected chi connectivity index (χ0v) is 6.79. The molecule has 1 rings (SSSR count). The smallest absolute Gasteiger partial charge is 0.298 e. The molecule has 1 aliphatic heterocycles. The molecule has 1 aliphatic rings. The maximum absolute atomic E-state index is 11.0. The summed E-state index contributed by atoms with van der Waals surface area (Å²) < 4.78 is 0. The van der Waals surface area contributed by atoms with Gasteiger partial charge in [-0.2, -0.15) is 5.26 Å². The Morgan fingerprint density at radius 3 is 2.50 bits per heavy atom. The van der Waals surface area contributed by atoms with Crippen LogP contribution in [0.2, 0.25) is 0 Å². The van der Waals surface area contributed by atoms with Gasteiger partial charge in [-0.1, -0.05) is 0 Å². The molecule has 0 aliphatic carbocycles. The van der Waals surface area contributed by atoms with Crippen LogP contribution in [0.3, 0.4) is 0 Å². The number of terminal acetylenes is 1. The number of carbonyl (C=O) groups is 1. The molecule has 0 aromatic carbocycles. The molecule has 3 heteroatoms. The monoisotopic (exact) mass is 162 g/mol. The van der Waals surface area contributed by atoms with Gasteiger partial charge in [-0.15, -0.1) is 6.42 Å². The SMILES string of the molecule is C#CC(=O)N1CCC(C#N)CC1. The Labute approximate surface area is 72.0 Å². The number of nitriles is 1. The normalized spacial score (nSPS) is 18.0. The lowest BCUT2D eigenvalue weighted by Gasteiger charge is -2.27. The highest BCUT2D eigenvalue weighted by atomic mass is 16.2. The molecule has 0 saturated carbocycles. The number of piperidine rings is 1. The molecule has 0 N–H and O–H groups in total. The fourth-order valence-electron chi connectivity index (χ4n) is 1.30. The van der Waals surface area contributed by atoms with Crippen molar-refractivity contribution in [2.45, 2.75) is 12.8 Å². The van der Waals surface area contributed by atoms with Crippen LogP contribution in [-0.4, -0.2) is 23.9 Å². The molecule has 0 atom stereocenters. The zero-order chi connectivity index (χ0) is 8.97. The second-order valence-corrected chi connectivity index (χ2v) is 2.84. The molecule has 12 heavy (non-hydrogen) atoms. The van der Waals surface area contributed by atoms with Gasteiger partial charge < -0.3 is 4.90 Å². The van der Waals surface area contributed by atoms with Crippen molar-refractivity contribution in [3.05, 3.63) is 0 Å². The van der Waals surface area contributed by atoms with Crippen LogP contribution in [-0.2, 0) is 4.79 Å². The van der Waals surface area contributed by atoms with Gasteiger partial charge in [0.1, 0.15) is 0 Å². The first-order valence-corrected chi connectivity index (χ1v) is 3.93. The van der Waals surface area contributed by atoms with Crippen LogP contribution in [0.5, 0.6) is 0 Å². The summed E-state index contributed by atoms with van der Waals surface area (Å²) in [7, 11) is 0. The molecular weight excluding hydrogens is 152 g/mol. The molecule has 1 amide bonds. The minimum Gasteiger partial charge on any atom is -0.332 e. The lowest BCUT2D eigenvalue weighted by molar-refractivity contribution is -0.126. The van der Waals surface area contributed by atoms with E-state index in [1.54, 1.807) is 4.90 Å². The van der Waals surface area contributed by atoms with E-state index in [1.165, 1.54) is 0 Å². The highest BCUT2D eigenvalue weighted by molar-refractivity contribution is 5.92. The zero-order valence-electron chi connectivity index (χ0n) is 6.79. The molecule has 1 fully saturated rings. The Hall–Kier alpha value is -1.48. The fourth-order valence-corrected chi connectivity index (χ4v) is 1.30. The third kappa shape index (κ3) is 1.77. The number of likely N-dealkylation sites (tertiary alicyclic amines) is 1. The molecule has 0 aromatic heterocycles. The number of nitrogens with zero attached hydrogens (tertiary/aromatic N) is 2. The molecule has 1 heterocycles. The quantitative estimate of drug-likeness (QED) is 0.483. The first kappa shape index (κ1) is 8.62. The number of hydrogen-bond acceptors (Lipinski definition) is 2. The lowest BCUT2D eigenvalue weighted by atomic mass is 9.99. The summed E-state index contributed by atoms with van der Waals surface area (Å²) in [5.74, 6) is 1.92. The molecule has 0 aromatic rings. The highest BCUT2D eigenvalue weighted by Gasteiger charge is 2.20. The Morgan fingerprint density at radius 1 is 1.50 bits per heavy atom. The maximum atomic E-state index is 11.0. The van der Waals surface area contributed by atoms with Crippen molar-refractivity contribution in [3.63, 3.8) is 0 Å². The first-order chi connectivity index (χ1) is 5.77. The summed E-state index contributed by atoms with van der Waals surface area (Å²) in [6.45, 7) is 1.25. The third-order valence-corrected chi connectivity index (χ3v) is 2.09. The van der Waals surface area contributed by atoms with Crippen LogP contribution in [0.15, 0.2) is 0 Å². The van der Waals surface area contributed by atoms with Crippen molar-refractivity contribution in [3.8, 4) is 18.4 Å². The average Bonchev–Trinajstić information content (AvgIpc) is 2.17. The summed E-state index contributed by atoms with van der Waals surface area (Å²) in [6.07, 6.45) is 6.47. The Balaban J connectivity index is 2.43. The van der Waals surface area contributed by atoms with Gasteiger partial charge in [0.05, 0.1) is 6.07 Å². The van der Waals surface area contributed by atoms with E-state index in [9.17, 15) is 4.79 Å². The molecule has 0 unspecified atom stereocenters.